The Morgan fingerprint density at radius 2 is 2.43 bits per heavy atom. The number of aliphatic hydroxyl groups is 1. The fourth-order valence-corrected chi connectivity index (χ4v) is 1.88. The molecular weight excluding hydrogens is 176 g/mol. The number of aromatic nitrogens is 1. The summed E-state index contributed by atoms with van der Waals surface area (Å²) in [4.78, 5) is 3.27. The highest BCUT2D eigenvalue weighted by Crippen LogP contribution is 2.22. The standard InChI is InChI=1S/C11H16N2O/c12-9(7-14)5-8-6-13-11-4-2-1-3-10(8)11/h1,3,6,9,13-14H,2,4-5,7,12H2. The minimum atomic E-state index is -0.148. The second-order valence-electron chi connectivity index (χ2n) is 3.79. The van der Waals surface area contributed by atoms with Gasteiger partial charge in [0.15, 0.2) is 0 Å². The van der Waals surface area contributed by atoms with E-state index in [2.05, 4.69) is 17.1 Å². The Labute approximate surface area is 83.6 Å². The quantitative estimate of drug-likeness (QED) is 0.664. The van der Waals surface area contributed by atoms with Crippen LogP contribution in [0.15, 0.2) is 12.3 Å². The number of fused-ring (bicyclic) bond motifs is 1. The molecule has 0 saturated heterocycles. The van der Waals surface area contributed by atoms with Crippen molar-refractivity contribution >= 4 is 6.08 Å². The Kier molecular flexibility index (Phi) is 2.70. The molecule has 0 aliphatic heterocycles. The normalized spacial score (nSPS) is 16.7. The Morgan fingerprint density at radius 1 is 1.57 bits per heavy atom. The summed E-state index contributed by atoms with van der Waals surface area (Å²) in [5, 5.41) is 8.88. The van der Waals surface area contributed by atoms with E-state index in [0.29, 0.717) is 0 Å². The molecule has 1 aliphatic rings. The number of rotatable bonds is 3. The second kappa shape index (κ2) is 3.98. The Bertz CT molecular complexity index is 341. The van der Waals surface area contributed by atoms with Crippen molar-refractivity contribution < 1.29 is 5.11 Å². The van der Waals surface area contributed by atoms with Gasteiger partial charge in [0, 0.05) is 17.9 Å². The maximum atomic E-state index is 8.88. The highest BCUT2D eigenvalue weighted by molar-refractivity contribution is 5.59. The van der Waals surface area contributed by atoms with Crippen LogP contribution in [0.3, 0.4) is 0 Å². The number of aliphatic hydroxyl groups excluding tert-OH is 1. The molecule has 4 N–H and O–H groups in total. The van der Waals surface area contributed by atoms with E-state index >= 15 is 0 Å². The monoisotopic (exact) mass is 192 g/mol. The predicted octanol–water partition coefficient (Wildman–Crippen LogP) is 0.836. The maximum absolute atomic E-state index is 8.88. The van der Waals surface area contributed by atoms with Gasteiger partial charge in [-0.3, -0.25) is 0 Å². The van der Waals surface area contributed by atoms with E-state index in [9.17, 15) is 0 Å². The minimum Gasteiger partial charge on any atom is -0.395 e. The average molecular weight is 192 g/mol. The number of hydrogen-bond acceptors (Lipinski definition) is 2. The Morgan fingerprint density at radius 3 is 3.21 bits per heavy atom. The minimum absolute atomic E-state index is 0.0453. The van der Waals surface area contributed by atoms with Crippen molar-refractivity contribution in [2.75, 3.05) is 6.61 Å². The molecule has 3 heteroatoms. The molecule has 0 amide bonds. The SMILES string of the molecule is NC(CO)Cc1c[nH]c2c1C=CCC2. The molecule has 0 fully saturated rings. The van der Waals surface area contributed by atoms with E-state index in [1.54, 1.807) is 0 Å². The van der Waals surface area contributed by atoms with Crippen LogP contribution in [-0.2, 0) is 12.8 Å². The molecule has 0 saturated carbocycles. The molecule has 1 atom stereocenters. The van der Waals surface area contributed by atoms with Gasteiger partial charge in [-0.25, -0.2) is 0 Å². The summed E-state index contributed by atoms with van der Waals surface area (Å²) in [6.07, 6.45) is 9.28. The fraction of sp³-hybridized carbons (Fsp3) is 0.455. The van der Waals surface area contributed by atoms with Crippen molar-refractivity contribution in [3.05, 3.63) is 29.1 Å². The summed E-state index contributed by atoms with van der Waals surface area (Å²) in [6.45, 7) is 0.0453. The number of aryl methyl sites for hydroxylation is 1. The van der Waals surface area contributed by atoms with E-state index in [1.165, 1.54) is 16.8 Å². The number of hydrogen-bond donors (Lipinski definition) is 3. The number of allylic oxidation sites excluding steroid dienone is 1. The van der Waals surface area contributed by atoms with E-state index in [0.717, 1.165) is 19.3 Å². The van der Waals surface area contributed by atoms with Crippen molar-refractivity contribution in [1.29, 1.82) is 0 Å². The summed E-state index contributed by atoms with van der Waals surface area (Å²) in [5.74, 6) is 0. The van der Waals surface area contributed by atoms with Crippen molar-refractivity contribution in [2.24, 2.45) is 5.73 Å². The first-order chi connectivity index (χ1) is 6.81. The lowest BCUT2D eigenvalue weighted by Crippen LogP contribution is -2.26. The first-order valence-corrected chi connectivity index (χ1v) is 5.03. The topological polar surface area (TPSA) is 62.0 Å². The first kappa shape index (κ1) is 9.49. The van der Waals surface area contributed by atoms with Crippen molar-refractivity contribution in [2.45, 2.75) is 25.3 Å². The number of nitrogens with one attached hydrogen (secondary N) is 1. The lowest BCUT2D eigenvalue weighted by Gasteiger charge is -2.09. The molecule has 0 bridgehead atoms. The van der Waals surface area contributed by atoms with Crippen LogP contribution in [0.5, 0.6) is 0 Å². The molecule has 0 radical (unpaired) electrons. The maximum Gasteiger partial charge on any atom is 0.0585 e. The van der Waals surface area contributed by atoms with E-state index in [1.807, 2.05) is 6.20 Å². The number of H-pyrrole nitrogens is 1. The van der Waals surface area contributed by atoms with Gasteiger partial charge in [-0.1, -0.05) is 12.2 Å². The zero-order valence-electron chi connectivity index (χ0n) is 8.16. The van der Waals surface area contributed by atoms with Crippen LogP contribution >= 0.6 is 0 Å². The lowest BCUT2D eigenvalue weighted by molar-refractivity contribution is 0.265. The first-order valence-electron chi connectivity index (χ1n) is 5.03. The van der Waals surface area contributed by atoms with Crippen LogP contribution < -0.4 is 5.73 Å². The van der Waals surface area contributed by atoms with Gasteiger partial charge in [-0.2, -0.15) is 0 Å². The number of nitrogens with two attached hydrogens (primary N) is 1. The van der Waals surface area contributed by atoms with Gasteiger partial charge in [0.25, 0.3) is 0 Å². The molecular formula is C11H16N2O. The van der Waals surface area contributed by atoms with Crippen LogP contribution in [0.2, 0.25) is 0 Å². The third-order valence-electron chi connectivity index (χ3n) is 2.65. The van der Waals surface area contributed by atoms with Crippen molar-refractivity contribution in [1.82, 2.24) is 4.98 Å². The van der Waals surface area contributed by atoms with Gasteiger partial charge in [0.2, 0.25) is 0 Å². The average Bonchev–Trinajstić information content (AvgIpc) is 2.62. The van der Waals surface area contributed by atoms with E-state index in [4.69, 9.17) is 10.8 Å². The molecule has 1 aliphatic carbocycles. The van der Waals surface area contributed by atoms with Crippen LogP contribution in [0.4, 0.5) is 0 Å². The number of aromatic amines is 1. The molecule has 1 aromatic rings. The molecule has 1 unspecified atom stereocenters. The zero-order chi connectivity index (χ0) is 9.97. The molecule has 0 spiro atoms. The molecule has 3 nitrogen and oxygen atoms in total. The highest BCUT2D eigenvalue weighted by Gasteiger charge is 2.13. The van der Waals surface area contributed by atoms with Crippen molar-refractivity contribution in [3.63, 3.8) is 0 Å². The summed E-state index contributed by atoms with van der Waals surface area (Å²) in [6, 6.07) is -0.148. The molecule has 14 heavy (non-hydrogen) atoms. The third kappa shape index (κ3) is 1.74. The van der Waals surface area contributed by atoms with Gasteiger partial charge in [0.05, 0.1) is 6.61 Å². The molecule has 76 valence electrons. The molecule has 1 aromatic heterocycles. The van der Waals surface area contributed by atoms with Crippen LogP contribution in [0.25, 0.3) is 6.08 Å². The van der Waals surface area contributed by atoms with Gasteiger partial charge in [-0.05, 0) is 30.4 Å². The Balaban J connectivity index is 2.19. The van der Waals surface area contributed by atoms with Crippen LogP contribution in [0, 0.1) is 0 Å². The van der Waals surface area contributed by atoms with Gasteiger partial charge < -0.3 is 15.8 Å². The molecule has 0 aromatic carbocycles. The largest absolute Gasteiger partial charge is 0.395 e. The van der Waals surface area contributed by atoms with Gasteiger partial charge in [0.1, 0.15) is 0 Å². The van der Waals surface area contributed by atoms with E-state index < -0.39 is 0 Å². The Hall–Kier alpha value is -1.06. The van der Waals surface area contributed by atoms with Crippen LogP contribution in [-0.4, -0.2) is 22.7 Å². The second-order valence-corrected chi connectivity index (χ2v) is 3.79. The predicted molar refractivity (Wildman–Crippen MR) is 56.9 cm³/mol. The fourth-order valence-electron chi connectivity index (χ4n) is 1.88. The van der Waals surface area contributed by atoms with Gasteiger partial charge in [-0.15, -0.1) is 0 Å². The van der Waals surface area contributed by atoms with Gasteiger partial charge >= 0.3 is 0 Å². The van der Waals surface area contributed by atoms with Crippen LogP contribution in [0.1, 0.15) is 23.2 Å². The van der Waals surface area contributed by atoms with Crippen molar-refractivity contribution in [3.8, 4) is 0 Å². The third-order valence-corrected chi connectivity index (χ3v) is 2.65. The molecule has 1 heterocycles. The highest BCUT2D eigenvalue weighted by atomic mass is 16.3. The lowest BCUT2D eigenvalue weighted by atomic mass is 9.98. The van der Waals surface area contributed by atoms with E-state index in [-0.39, 0.29) is 12.6 Å². The summed E-state index contributed by atoms with van der Waals surface area (Å²) >= 11 is 0. The zero-order valence-corrected chi connectivity index (χ0v) is 8.16. The summed E-state index contributed by atoms with van der Waals surface area (Å²) < 4.78 is 0. The smallest absolute Gasteiger partial charge is 0.0585 e. The summed E-state index contributed by atoms with van der Waals surface area (Å²) in [7, 11) is 0. The summed E-state index contributed by atoms with van der Waals surface area (Å²) in [5.41, 5.74) is 9.51. The molecule has 2 rings (SSSR count).